The highest BCUT2D eigenvalue weighted by molar-refractivity contribution is 5.76. The van der Waals surface area contributed by atoms with E-state index in [0.29, 0.717) is 19.4 Å². The van der Waals surface area contributed by atoms with Gasteiger partial charge in [-0.1, -0.05) is 35.9 Å². The van der Waals surface area contributed by atoms with Crippen LogP contribution in [0.15, 0.2) is 42.5 Å². The average molecular weight is 313 g/mol. The maximum atomic E-state index is 12.1. The molecule has 0 heterocycles. The molecule has 1 amide bonds. The van der Waals surface area contributed by atoms with Crippen LogP contribution in [0.25, 0.3) is 0 Å². The predicted octanol–water partition coefficient (Wildman–Crippen LogP) is 3.26. The normalized spacial score (nSPS) is 10.2. The van der Waals surface area contributed by atoms with Crippen molar-refractivity contribution < 1.29 is 14.3 Å². The van der Waals surface area contributed by atoms with E-state index in [4.69, 9.17) is 9.47 Å². The molecule has 0 aliphatic rings. The van der Waals surface area contributed by atoms with E-state index in [0.717, 1.165) is 22.6 Å². The van der Waals surface area contributed by atoms with Crippen LogP contribution in [0.5, 0.6) is 11.5 Å². The van der Waals surface area contributed by atoms with E-state index in [1.54, 1.807) is 14.2 Å². The van der Waals surface area contributed by atoms with Crippen LogP contribution in [0.3, 0.4) is 0 Å². The lowest BCUT2D eigenvalue weighted by Gasteiger charge is -2.13. The molecule has 1 N–H and O–H groups in total. The highest BCUT2D eigenvalue weighted by Crippen LogP contribution is 2.29. The van der Waals surface area contributed by atoms with Crippen LogP contribution in [0.2, 0.25) is 0 Å². The number of amides is 1. The molecule has 0 saturated heterocycles. The van der Waals surface area contributed by atoms with Gasteiger partial charge in [0.2, 0.25) is 5.91 Å². The molecule has 122 valence electrons. The van der Waals surface area contributed by atoms with Gasteiger partial charge in [-0.05, 0) is 31.0 Å². The number of carbonyl (C=O) groups excluding carboxylic acids is 1. The molecule has 0 radical (unpaired) electrons. The van der Waals surface area contributed by atoms with Gasteiger partial charge in [-0.15, -0.1) is 0 Å². The van der Waals surface area contributed by atoms with Crippen LogP contribution in [-0.2, 0) is 17.8 Å². The van der Waals surface area contributed by atoms with Crippen molar-refractivity contribution in [2.45, 2.75) is 26.3 Å². The molecule has 2 rings (SSSR count). The van der Waals surface area contributed by atoms with E-state index >= 15 is 0 Å². The molecule has 0 spiro atoms. The maximum Gasteiger partial charge on any atom is 0.220 e. The van der Waals surface area contributed by atoms with Gasteiger partial charge >= 0.3 is 0 Å². The Labute approximate surface area is 137 Å². The molecule has 0 bridgehead atoms. The number of ether oxygens (including phenoxy) is 2. The number of carbonyl (C=O) groups is 1. The fourth-order valence-electron chi connectivity index (χ4n) is 2.52. The number of benzene rings is 2. The highest BCUT2D eigenvalue weighted by atomic mass is 16.5. The summed E-state index contributed by atoms with van der Waals surface area (Å²) in [6, 6.07) is 13.7. The maximum absolute atomic E-state index is 12.1. The lowest BCUT2D eigenvalue weighted by molar-refractivity contribution is -0.121. The van der Waals surface area contributed by atoms with Crippen molar-refractivity contribution in [3.05, 3.63) is 59.2 Å². The number of methoxy groups -OCH3 is 2. The van der Waals surface area contributed by atoms with Gasteiger partial charge in [-0.25, -0.2) is 0 Å². The molecule has 23 heavy (non-hydrogen) atoms. The second-order valence-corrected chi connectivity index (χ2v) is 5.41. The Kier molecular flexibility index (Phi) is 6.03. The summed E-state index contributed by atoms with van der Waals surface area (Å²) >= 11 is 0. The molecule has 0 aliphatic carbocycles. The standard InChI is InChI=1S/C19H23NO3/c1-14-6-4-7-15(12-14)13-20-19(21)11-10-16-17(22-2)8-5-9-18(16)23-3/h4-9,12H,10-11,13H2,1-3H3,(H,20,21). The van der Waals surface area contributed by atoms with Crippen LogP contribution in [0, 0.1) is 6.92 Å². The Bertz CT molecular complexity index is 645. The summed E-state index contributed by atoms with van der Waals surface area (Å²) in [6.07, 6.45) is 0.968. The SMILES string of the molecule is COc1cccc(OC)c1CCC(=O)NCc1cccc(C)c1. The third-order valence-electron chi connectivity index (χ3n) is 3.70. The van der Waals surface area contributed by atoms with Crippen LogP contribution >= 0.6 is 0 Å². The number of nitrogens with one attached hydrogen (secondary N) is 1. The van der Waals surface area contributed by atoms with E-state index < -0.39 is 0 Å². The molecular formula is C19H23NO3. The van der Waals surface area contributed by atoms with Crippen molar-refractivity contribution in [1.29, 1.82) is 0 Å². The third-order valence-corrected chi connectivity index (χ3v) is 3.70. The van der Waals surface area contributed by atoms with Gasteiger partial charge in [0, 0.05) is 18.5 Å². The molecule has 2 aromatic rings. The van der Waals surface area contributed by atoms with Crippen molar-refractivity contribution in [2.24, 2.45) is 0 Å². The van der Waals surface area contributed by atoms with E-state index in [-0.39, 0.29) is 5.91 Å². The van der Waals surface area contributed by atoms with Gasteiger partial charge in [0.05, 0.1) is 14.2 Å². The van der Waals surface area contributed by atoms with E-state index in [2.05, 4.69) is 11.4 Å². The number of hydrogen-bond acceptors (Lipinski definition) is 3. The molecular weight excluding hydrogens is 290 g/mol. The largest absolute Gasteiger partial charge is 0.496 e. The minimum Gasteiger partial charge on any atom is -0.496 e. The molecule has 0 fully saturated rings. The highest BCUT2D eigenvalue weighted by Gasteiger charge is 2.11. The van der Waals surface area contributed by atoms with Gasteiger partial charge < -0.3 is 14.8 Å². The molecule has 2 aromatic carbocycles. The van der Waals surface area contributed by atoms with Crippen LogP contribution in [0.1, 0.15) is 23.1 Å². The van der Waals surface area contributed by atoms with E-state index in [1.807, 2.05) is 43.3 Å². The third kappa shape index (κ3) is 4.74. The van der Waals surface area contributed by atoms with Crippen molar-refractivity contribution in [2.75, 3.05) is 14.2 Å². The van der Waals surface area contributed by atoms with Crippen molar-refractivity contribution in [3.63, 3.8) is 0 Å². The Balaban J connectivity index is 1.92. The zero-order valence-electron chi connectivity index (χ0n) is 13.9. The first-order valence-electron chi connectivity index (χ1n) is 7.66. The number of rotatable bonds is 7. The fourth-order valence-corrected chi connectivity index (χ4v) is 2.52. The summed E-state index contributed by atoms with van der Waals surface area (Å²) in [6.45, 7) is 2.59. The Hall–Kier alpha value is -2.49. The Morgan fingerprint density at radius 3 is 2.30 bits per heavy atom. The van der Waals surface area contributed by atoms with Gasteiger partial charge in [-0.3, -0.25) is 4.79 Å². The quantitative estimate of drug-likeness (QED) is 0.853. The van der Waals surface area contributed by atoms with E-state index in [9.17, 15) is 4.79 Å². The van der Waals surface area contributed by atoms with Gasteiger partial charge in [0.25, 0.3) is 0 Å². The zero-order valence-corrected chi connectivity index (χ0v) is 13.9. The Morgan fingerprint density at radius 2 is 1.70 bits per heavy atom. The van der Waals surface area contributed by atoms with Gasteiger partial charge in [0.1, 0.15) is 11.5 Å². The first-order chi connectivity index (χ1) is 11.1. The minimum absolute atomic E-state index is 0.0134. The summed E-state index contributed by atoms with van der Waals surface area (Å²) in [5.74, 6) is 1.51. The molecule has 4 heteroatoms. The summed E-state index contributed by atoms with van der Waals surface area (Å²) in [4.78, 5) is 12.1. The minimum atomic E-state index is 0.0134. The molecule has 0 saturated carbocycles. The summed E-state index contributed by atoms with van der Waals surface area (Å²) in [5, 5.41) is 2.95. The monoisotopic (exact) mass is 313 g/mol. The first kappa shape index (κ1) is 16.9. The fraction of sp³-hybridized carbons (Fsp3) is 0.316. The van der Waals surface area contributed by atoms with Crippen molar-refractivity contribution in [3.8, 4) is 11.5 Å². The molecule has 0 unspecified atom stereocenters. The van der Waals surface area contributed by atoms with E-state index in [1.165, 1.54) is 5.56 Å². The molecule has 0 aromatic heterocycles. The zero-order chi connectivity index (χ0) is 16.7. The predicted molar refractivity (Wildman–Crippen MR) is 90.9 cm³/mol. The second kappa shape index (κ2) is 8.22. The van der Waals surface area contributed by atoms with Gasteiger partial charge in [0.15, 0.2) is 0 Å². The van der Waals surface area contributed by atoms with Crippen LogP contribution in [-0.4, -0.2) is 20.1 Å². The molecule has 0 atom stereocenters. The summed E-state index contributed by atoms with van der Waals surface area (Å²) in [7, 11) is 3.24. The summed E-state index contributed by atoms with van der Waals surface area (Å²) in [5.41, 5.74) is 3.21. The van der Waals surface area contributed by atoms with Gasteiger partial charge in [-0.2, -0.15) is 0 Å². The average Bonchev–Trinajstić information content (AvgIpc) is 2.57. The lowest BCUT2D eigenvalue weighted by atomic mass is 10.1. The van der Waals surface area contributed by atoms with Crippen molar-refractivity contribution in [1.82, 2.24) is 5.32 Å². The topological polar surface area (TPSA) is 47.6 Å². The Morgan fingerprint density at radius 1 is 1.04 bits per heavy atom. The first-order valence-corrected chi connectivity index (χ1v) is 7.66. The van der Waals surface area contributed by atoms with Crippen LogP contribution < -0.4 is 14.8 Å². The number of aryl methyl sites for hydroxylation is 1. The van der Waals surface area contributed by atoms with Crippen molar-refractivity contribution >= 4 is 5.91 Å². The second-order valence-electron chi connectivity index (χ2n) is 5.41. The van der Waals surface area contributed by atoms with Crippen LogP contribution in [0.4, 0.5) is 0 Å². The lowest BCUT2D eigenvalue weighted by Crippen LogP contribution is -2.23. The number of hydrogen-bond donors (Lipinski definition) is 1. The molecule has 4 nitrogen and oxygen atoms in total. The summed E-state index contributed by atoms with van der Waals surface area (Å²) < 4.78 is 10.7. The molecule has 0 aliphatic heterocycles. The smallest absolute Gasteiger partial charge is 0.220 e.